The number of hydrogen-bond acceptors (Lipinski definition) is 7. The van der Waals surface area contributed by atoms with E-state index in [9.17, 15) is 9.59 Å². The van der Waals surface area contributed by atoms with E-state index in [2.05, 4.69) is 25.6 Å². The molecule has 0 radical (unpaired) electrons. The third kappa shape index (κ3) is 5.04. The molecule has 1 aromatic carbocycles. The van der Waals surface area contributed by atoms with Crippen molar-refractivity contribution in [3.63, 3.8) is 0 Å². The van der Waals surface area contributed by atoms with Gasteiger partial charge < -0.3 is 10.1 Å². The van der Waals surface area contributed by atoms with Crippen molar-refractivity contribution >= 4 is 38.7 Å². The smallest absolute Gasteiger partial charge is 0.321 e. The van der Waals surface area contributed by atoms with Gasteiger partial charge in [-0.3, -0.25) is 20.1 Å². The summed E-state index contributed by atoms with van der Waals surface area (Å²) in [5, 5.41) is 6.02. The minimum Gasteiger partial charge on any atom is -0.453 e. The molecule has 0 aliphatic heterocycles. The van der Waals surface area contributed by atoms with E-state index in [0.717, 1.165) is 32.6 Å². The summed E-state index contributed by atoms with van der Waals surface area (Å²) < 4.78 is 6.32. The second-order valence-electron chi connectivity index (χ2n) is 8.13. The molecule has 0 saturated heterocycles. The molecule has 8 nitrogen and oxygen atoms in total. The van der Waals surface area contributed by atoms with E-state index in [1.54, 1.807) is 26.2 Å². The largest absolute Gasteiger partial charge is 0.453 e. The molecule has 3 aromatic heterocycles. The number of nitrogens with zero attached hydrogens (tertiary/aromatic N) is 3. The van der Waals surface area contributed by atoms with Crippen LogP contribution in [0.25, 0.3) is 32.6 Å². The lowest BCUT2D eigenvalue weighted by atomic mass is 9.99. The molecule has 0 fully saturated rings. The van der Waals surface area contributed by atoms with Gasteiger partial charge >= 0.3 is 12.0 Å². The normalized spacial score (nSPS) is 11.3. The van der Waals surface area contributed by atoms with Crippen LogP contribution in [-0.2, 0) is 15.1 Å². The Morgan fingerprint density at radius 2 is 1.91 bits per heavy atom. The number of carbonyl (C=O) groups excluding carboxylic acids is 2. The van der Waals surface area contributed by atoms with Crippen molar-refractivity contribution in [3.05, 3.63) is 60.6 Å². The third-order valence-electron chi connectivity index (χ3n) is 5.10. The highest BCUT2D eigenvalue weighted by Crippen LogP contribution is 2.38. The quantitative estimate of drug-likeness (QED) is 0.364. The molecule has 0 unspecified atom stereocenters. The highest BCUT2D eigenvalue weighted by atomic mass is 32.1. The molecule has 4 rings (SSSR count). The lowest BCUT2D eigenvalue weighted by molar-refractivity contribution is -0.154. The van der Waals surface area contributed by atoms with Gasteiger partial charge in [-0.05, 0) is 56.7 Å². The minimum absolute atomic E-state index is 0.295. The van der Waals surface area contributed by atoms with Gasteiger partial charge in [-0.15, -0.1) is 0 Å². The highest BCUT2D eigenvalue weighted by molar-refractivity contribution is 7.22. The molecule has 0 atom stereocenters. The number of hydrogen-bond donors (Lipinski definition) is 2. The number of ether oxygens (including phenoxy) is 1. The van der Waals surface area contributed by atoms with Crippen LogP contribution >= 0.6 is 11.3 Å². The number of fused-ring (bicyclic) bond motifs is 1. The van der Waals surface area contributed by atoms with E-state index in [-0.39, 0.29) is 12.0 Å². The molecule has 0 spiro atoms. The van der Waals surface area contributed by atoms with Gasteiger partial charge in [-0.2, -0.15) is 0 Å². The Morgan fingerprint density at radius 3 is 2.56 bits per heavy atom. The van der Waals surface area contributed by atoms with Crippen LogP contribution in [0.15, 0.2) is 54.9 Å². The molecule has 9 heteroatoms. The molecule has 0 bridgehead atoms. The summed E-state index contributed by atoms with van der Waals surface area (Å²) in [4.78, 5) is 37.1. The first kappa shape index (κ1) is 23.3. The Balaban J connectivity index is 1.77. The predicted octanol–water partition coefficient (Wildman–Crippen LogP) is 5.36. The fourth-order valence-electron chi connectivity index (χ4n) is 3.60. The van der Waals surface area contributed by atoms with E-state index in [0.29, 0.717) is 17.4 Å². The number of benzene rings is 1. The number of thiazole rings is 1. The second-order valence-corrected chi connectivity index (χ2v) is 9.13. The summed E-state index contributed by atoms with van der Waals surface area (Å²) in [6.07, 6.45) is 3.50. The van der Waals surface area contributed by atoms with Gasteiger partial charge in [0, 0.05) is 37.0 Å². The number of amides is 2. The number of urea groups is 1. The van der Waals surface area contributed by atoms with Crippen molar-refractivity contribution in [3.8, 4) is 22.4 Å². The summed E-state index contributed by atoms with van der Waals surface area (Å²) >= 11 is 1.40. The van der Waals surface area contributed by atoms with Gasteiger partial charge in [0.1, 0.15) is 5.60 Å². The van der Waals surface area contributed by atoms with Crippen molar-refractivity contribution in [2.24, 2.45) is 0 Å². The van der Waals surface area contributed by atoms with Crippen LogP contribution in [0.1, 0.15) is 33.4 Å². The third-order valence-corrected chi connectivity index (χ3v) is 6.12. The average molecular weight is 476 g/mol. The number of aromatic nitrogens is 3. The molecule has 34 heavy (non-hydrogen) atoms. The zero-order valence-corrected chi connectivity index (χ0v) is 20.2. The molecular formula is C25H25N5O3S. The van der Waals surface area contributed by atoms with Crippen molar-refractivity contribution in [1.29, 1.82) is 0 Å². The fourth-order valence-corrected chi connectivity index (χ4v) is 4.56. The van der Waals surface area contributed by atoms with Gasteiger partial charge in [0.05, 0.1) is 21.6 Å². The first-order chi connectivity index (χ1) is 16.3. The Bertz CT molecular complexity index is 1330. The van der Waals surface area contributed by atoms with E-state index in [4.69, 9.17) is 4.74 Å². The maximum Gasteiger partial charge on any atom is 0.321 e. The fraction of sp³-hybridized carbons (Fsp3) is 0.240. The number of carbonyl (C=O) groups is 2. The Hall–Kier alpha value is -3.85. The summed E-state index contributed by atoms with van der Waals surface area (Å²) in [5.41, 5.74) is 4.09. The van der Waals surface area contributed by atoms with Crippen LogP contribution in [0.2, 0.25) is 0 Å². The van der Waals surface area contributed by atoms with E-state index >= 15 is 0 Å². The summed E-state index contributed by atoms with van der Waals surface area (Å²) in [7, 11) is 0. The van der Waals surface area contributed by atoms with E-state index in [1.807, 2.05) is 49.4 Å². The van der Waals surface area contributed by atoms with Crippen LogP contribution in [0.3, 0.4) is 0 Å². The van der Waals surface area contributed by atoms with Crippen LogP contribution in [0.4, 0.5) is 9.93 Å². The number of nitrogens with one attached hydrogen (secondary N) is 2. The lowest BCUT2D eigenvalue weighted by Gasteiger charge is -2.23. The van der Waals surface area contributed by atoms with Gasteiger partial charge in [0.2, 0.25) is 0 Å². The van der Waals surface area contributed by atoms with Crippen LogP contribution in [-0.4, -0.2) is 33.5 Å². The number of esters is 1. The van der Waals surface area contributed by atoms with Crippen molar-refractivity contribution in [1.82, 2.24) is 20.3 Å². The first-order valence-corrected chi connectivity index (χ1v) is 11.7. The Labute approximate surface area is 201 Å². The molecule has 0 aliphatic carbocycles. The summed E-state index contributed by atoms with van der Waals surface area (Å²) in [6, 6.07) is 13.3. The molecule has 0 saturated carbocycles. The topological polar surface area (TPSA) is 106 Å². The van der Waals surface area contributed by atoms with Crippen molar-refractivity contribution in [2.45, 2.75) is 33.3 Å². The van der Waals surface area contributed by atoms with Crippen molar-refractivity contribution < 1.29 is 14.3 Å². The zero-order chi connectivity index (χ0) is 24.3. The van der Waals surface area contributed by atoms with Gasteiger partial charge in [0.25, 0.3) is 0 Å². The monoisotopic (exact) mass is 475 g/mol. The van der Waals surface area contributed by atoms with E-state index < -0.39 is 5.60 Å². The molecule has 174 valence electrons. The van der Waals surface area contributed by atoms with Gasteiger partial charge in [0.15, 0.2) is 5.13 Å². The minimum atomic E-state index is -0.831. The Kier molecular flexibility index (Phi) is 6.56. The van der Waals surface area contributed by atoms with Gasteiger partial charge in [-0.1, -0.05) is 23.5 Å². The number of rotatable bonds is 6. The maximum atomic E-state index is 12.0. The lowest BCUT2D eigenvalue weighted by Crippen LogP contribution is -2.28. The van der Waals surface area contributed by atoms with Crippen molar-refractivity contribution in [2.75, 3.05) is 11.9 Å². The molecular weight excluding hydrogens is 450 g/mol. The molecule has 0 aliphatic rings. The first-order valence-electron chi connectivity index (χ1n) is 10.8. The van der Waals surface area contributed by atoms with Crippen LogP contribution in [0, 0.1) is 0 Å². The Morgan fingerprint density at radius 1 is 1.09 bits per heavy atom. The molecule has 2 amide bonds. The molecule has 3 heterocycles. The SMILES string of the molecule is CCNC(=O)Nc1nc2cc(-c3ccc(C(C)(C)OC(C)=O)nc3)cc(-c3ccccn3)c2s1. The maximum absolute atomic E-state index is 12.0. The highest BCUT2D eigenvalue weighted by Gasteiger charge is 2.25. The average Bonchev–Trinajstić information content (AvgIpc) is 3.20. The number of pyridine rings is 2. The molecule has 2 N–H and O–H groups in total. The van der Waals surface area contributed by atoms with Crippen LogP contribution < -0.4 is 10.6 Å². The van der Waals surface area contributed by atoms with Gasteiger partial charge in [-0.25, -0.2) is 9.78 Å². The second kappa shape index (κ2) is 9.56. The molecule has 4 aromatic rings. The summed E-state index contributed by atoms with van der Waals surface area (Å²) in [6.45, 7) is 7.38. The standard InChI is InChI=1S/C25H25N5O3S/c1-5-26-23(32)30-24-29-20-13-17(12-18(22(20)34-24)19-8-6-7-11-27-19)16-9-10-21(28-14-16)25(3,4)33-15(2)31/h6-14H,5H2,1-4H3,(H2,26,29,30,32). The number of anilines is 1. The summed E-state index contributed by atoms with van der Waals surface area (Å²) in [5.74, 6) is -0.359. The van der Waals surface area contributed by atoms with E-state index in [1.165, 1.54) is 18.3 Å². The predicted molar refractivity (Wildman–Crippen MR) is 134 cm³/mol. The van der Waals surface area contributed by atoms with Crippen LogP contribution in [0.5, 0.6) is 0 Å². The zero-order valence-electron chi connectivity index (χ0n) is 19.4.